The Morgan fingerprint density at radius 3 is 2.12 bits per heavy atom. The van der Waals surface area contributed by atoms with Crippen molar-refractivity contribution in [3.8, 4) is 16.9 Å². The summed E-state index contributed by atoms with van der Waals surface area (Å²) in [4.78, 5) is 10.1. The summed E-state index contributed by atoms with van der Waals surface area (Å²) in [7, 11) is 0. The van der Waals surface area contributed by atoms with Crippen molar-refractivity contribution in [2.24, 2.45) is 0 Å². The normalized spacial score (nSPS) is 13.5. The lowest BCUT2D eigenvalue weighted by molar-refractivity contribution is 0.661. The van der Waals surface area contributed by atoms with Crippen LogP contribution in [0.2, 0.25) is 0 Å². The van der Waals surface area contributed by atoms with E-state index in [-0.39, 0.29) is 35.3 Å². The molecule has 0 aliphatic carbocycles. The standard InChI is InChI=1S/C45H27N3O2/c1-2-13-28(14-3-1)42-45-43(33-18-8-11-21-39(33)50-45)47-40(46-42)26-34-36(25-23-31-30-16-7-10-20-38(30)49-44(31)34)48-35-19-9-6-17-32(35)41-29-15-5-4-12-27(29)22-24-37(41)48/h1-25H,26H2/i1D,2D,3D,13D,14D. The summed E-state index contributed by atoms with van der Waals surface area (Å²) in [6.45, 7) is 0. The van der Waals surface area contributed by atoms with Crippen molar-refractivity contribution < 1.29 is 15.7 Å². The first-order chi connectivity index (χ1) is 26.9. The van der Waals surface area contributed by atoms with Crippen molar-refractivity contribution >= 4 is 76.6 Å². The zero-order chi connectivity index (χ0) is 37.1. The minimum Gasteiger partial charge on any atom is -0.456 e. The molecule has 0 aliphatic heterocycles. The maximum atomic E-state index is 8.89. The molecule has 0 spiro atoms. The predicted octanol–water partition coefficient (Wildman–Crippen LogP) is 11.8. The molecule has 0 N–H and O–H groups in total. The van der Waals surface area contributed by atoms with Gasteiger partial charge in [-0.15, -0.1) is 0 Å². The Labute approximate surface area is 292 Å². The summed E-state index contributed by atoms with van der Waals surface area (Å²) < 4.78 is 58.3. The Morgan fingerprint density at radius 2 is 1.26 bits per heavy atom. The molecular formula is C45H27N3O2. The van der Waals surface area contributed by atoms with Crippen molar-refractivity contribution in [2.75, 3.05) is 0 Å². The smallest absolute Gasteiger partial charge is 0.180 e. The molecule has 0 amide bonds. The highest BCUT2D eigenvalue weighted by molar-refractivity contribution is 6.21. The first-order valence-electron chi connectivity index (χ1n) is 19.0. The monoisotopic (exact) mass is 646 g/mol. The van der Waals surface area contributed by atoms with Gasteiger partial charge in [-0.05, 0) is 53.2 Å². The van der Waals surface area contributed by atoms with Crippen LogP contribution in [0.5, 0.6) is 0 Å². The lowest BCUT2D eigenvalue weighted by Gasteiger charge is -2.15. The van der Waals surface area contributed by atoms with Gasteiger partial charge in [-0.2, -0.15) is 0 Å². The topological polar surface area (TPSA) is 57.0 Å². The summed E-state index contributed by atoms with van der Waals surface area (Å²) in [5.41, 5.74) is 6.61. The number of para-hydroxylation sites is 3. The van der Waals surface area contributed by atoms with Crippen LogP contribution >= 0.6 is 0 Å². The van der Waals surface area contributed by atoms with E-state index in [1.54, 1.807) is 0 Å². The quantitative estimate of drug-likeness (QED) is 0.191. The van der Waals surface area contributed by atoms with Crippen LogP contribution in [-0.2, 0) is 6.42 Å². The fraction of sp³-hybridized carbons (Fsp3) is 0.0222. The zero-order valence-electron chi connectivity index (χ0n) is 31.4. The lowest BCUT2D eigenvalue weighted by Crippen LogP contribution is -2.05. The highest BCUT2D eigenvalue weighted by Crippen LogP contribution is 2.41. The average molecular weight is 647 g/mol. The average Bonchev–Trinajstić information content (AvgIpc) is 3.90. The van der Waals surface area contributed by atoms with E-state index < -0.39 is 18.1 Å². The number of benzene rings is 7. The van der Waals surface area contributed by atoms with Gasteiger partial charge in [0.15, 0.2) is 5.58 Å². The molecule has 0 fully saturated rings. The van der Waals surface area contributed by atoms with Crippen LogP contribution in [0.25, 0.3) is 93.5 Å². The number of nitrogens with zero attached hydrogens (tertiary/aromatic N) is 3. The van der Waals surface area contributed by atoms with Crippen molar-refractivity contribution in [2.45, 2.75) is 6.42 Å². The van der Waals surface area contributed by atoms with E-state index in [1.165, 1.54) is 0 Å². The molecule has 0 saturated heterocycles. The van der Waals surface area contributed by atoms with E-state index >= 15 is 0 Å². The Morgan fingerprint density at radius 1 is 0.560 bits per heavy atom. The zero-order valence-corrected chi connectivity index (χ0v) is 26.4. The molecule has 5 heteroatoms. The molecule has 0 unspecified atom stereocenters. The molecule has 11 rings (SSSR count). The Hall–Kier alpha value is -6.72. The molecule has 50 heavy (non-hydrogen) atoms. The Balaban J connectivity index is 1.24. The minimum atomic E-state index is -0.478. The first kappa shape index (κ1) is 22.8. The van der Waals surface area contributed by atoms with Gasteiger partial charge < -0.3 is 13.4 Å². The Kier molecular flexibility index (Phi) is 4.73. The van der Waals surface area contributed by atoms with Crippen LogP contribution < -0.4 is 0 Å². The number of rotatable bonds is 4. The summed E-state index contributed by atoms with van der Waals surface area (Å²) in [5, 5.41) is 7.24. The van der Waals surface area contributed by atoms with Gasteiger partial charge in [0.1, 0.15) is 33.8 Å². The van der Waals surface area contributed by atoms with E-state index in [0.717, 1.165) is 65.6 Å². The van der Waals surface area contributed by atoms with Gasteiger partial charge in [0.25, 0.3) is 0 Å². The second kappa shape index (κ2) is 10.4. The second-order valence-electron chi connectivity index (χ2n) is 12.5. The summed E-state index contributed by atoms with van der Waals surface area (Å²) in [5.74, 6) is 0.376. The number of hydrogen-bond donors (Lipinski definition) is 0. The largest absolute Gasteiger partial charge is 0.456 e. The van der Waals surface area contributed by atoms with E-state index in [4.69, 9.17) is 25.7 Å². The number of hydrogen-bond acceptors (Lipinski definition) is 4. The molecule has 4 heterocycles. The third-order valence-electron chi connectivity index (χ3n) is 9.77. The lowest BCUT2D eigenvalue weighted by atomic mass is 10.0. The summed E-state index contributed by atoms with van der Waals surface area (Å²) in [6.07, 6.45) is 0.190. The van der Waals surface area contributed by atoms with Crippen LogP contribution in [0.3, 0.4) is 0 Å². The molecule has 5 nitrogen and oxygen atoms in total. The number of aromatic nitrogens is 3. The SMILES string of the molecule is [2H]c1c([2H])c([2H])c(-c2nc(Cc3c(-n4c5ccccc5c5c6ccccc6ccc54)ccc4c3oc3ccccc34)nc3c2oc2ccccc23)c([2H])c1[2H]. The molecule has 7 aromatic carbocycles. The maximum Gasteiger partial charge on any atom is 0.180 e. The first-order valence-corrected chi connectivity index (χ1v) is 16.5. The highest BCUT2D eigenvalue weighted by atomic mass is 16.3. The molecule has 0 saturated carbocycles. The highest BCUT2D eigenvalue weighted by Gasteiger charge is 2.23. The van der Waals surface area contributed by atoms with E-state index in [1.807, 2.05) is 54.6 Å². The van der Waals surface area contributed by atoms with Crippen LogP contribution in [0.15, 0.2) is 160 Å². The second-order valence-corrected chi connectivity index (χ2v) is 12.5. The van der Waals surface area contributed by atoms with Crippen LogP contribution in [0.4, 0.5) is 0 Å². The number of furan rings is 2. The molecule has 0 aliphatic rings. The van der Waals surface area contributed by atoms with Gasteiger partial charge in [0.05, 0.1) is 23.6 Å². The van der Waals surface area contributed by atoms with Gasteiger partial charge in [-0.3, -0.25) is 0 Å². The molecule has 0 radical (unpaired) electrons. The van der Waals surface area contributed by atoms with E-state index in [0.29, 0.717) is 22.5 Å². The van der Waals surface area contributed by atoms with Gasteiger partial charge in [0, 0.05) is 44.5 Å². The summed E-state index contributed by atoms with van der Waals surface area (Å²) in [6, 6.07) is 38.7. The van der Waals surface area contributed by atoms with Crippen LogP contribution in [-0.4, -0.2) is 14.5 Å². The minimum absolute atomic E-state index is 0.0462. The third-order valence-corrected chi connectivity index (χ3v) is 9.77. The molecule has 0 bridgehead atoms. The van der Waals surface area contributed by atoms with Crippen molar-refractivity contribution in [3.63, 3.8) is 0 Å². The van der Waals surface area contributed by atoms with Crippen molar-refractivity contribution in [1.82, 2.24) is 14.5 Å². The molecule has 11 aromatic rings. The fourth-order valence-electron chi connectivity index (χ4n) is 7.63. The van der Waals surface area contributed by atoms with E-state index in [2.05, 4.69) is 71.3 Å². The van der Waals surface area contributed by atoms with Gasteiger partial charge in [-0.1, -0.05) is 109 Å². The molecule has 0 atom stereocenters. The number of fused-ring (bicyclic) bond motifs is 11. The maximum absolute atomic E-state index is 8.89. The van der Waals surface area contributed by atoms with Crippen LogP contribution in [0.1, 0.15) is 18.2 Å². The van der Waals surface area contributed by atoms with Gasteiger partial charge in [0.2, 0.25) is 0 Å². The van der Waals surface area contributed by atoms with Crippen molar-refractivity contribution in [3.05, 3.63) is 163 Å². The Bertz CT molecular complexity index is 3410. The summed E-state index contributed by atoms with van der Waals surface area (Å²) >= 11 is 0. The van der Waals surface area contributed by atoms with Crippen LogP contribution in [0, 0.1) is 0 Å². The van der Waals surface area contributed by atoms with Crippen molar-refractivity contribution in [1.29, 1.82) is 0 Å². The predicted molar refractivity (Wildman–Crippen MR) is 203 cm³/mol. The molecule has 234 valence electrons. The molecular weight excluding hydrogens is 615 g/mol. The van der Waals surface area contributed by atoms with Gasteiger partial charge in [-0.25, -0.2) is 9.97 Å². The molecule has 4 aromatic heterocycles. The third kappa shape index (κ3) is 3.89. The fourth-order valence-corrected chi connectivity index (χ4v) is 7.63. The van der Waals surface area contributed by atoms with Gasteiger partial charge >= 0.3 is 0 Å². The van der Waals surface area contributed by atoms with E-state index in [9.17, 15) is 0 Å².